The molecule has 0 aromatic heterocycles. The van der Waals surface area contributed by atoms with Crippen molar-refractivity contribution in [3.8, 4) is 0 Å². The number of likely N-dealkylation sites (N-methyl/N-ethyl adjacent to an activating group) is 1. The molecule has 1 atom stereocenters. The predicted molar refractivity (Wildman–Crippen MR) is 110 cm³/mol. The van der Waals surface area contributed by atoms with Gasteiger partial charge in [0.2, 0.25) is 0 Å². The molecule has 1 amide bonds. The van der Waals surface area contributed by atoms with Crippen molar-refractivity contribution in [2.24, 2.45) is 0 Å². The van der Waals surface area contributed by atoms with Crippen molar-refractivity contribution in [1.82, 2.24) is 4.90 Å². The van der Waals surface area contributed by atoms with Gasteiger partial charge in [0.05, 0.1) is 48.8 Å². The number of nitrogens with zero attached hydrogens (tertiary/aromatic N) is 1. The molecular formula is C21H21Cl2N2O3+. The van der Waals surface area contributed by atoms with Gasteiger partial charge in [-0.1, -0.05) is 59.6 Å². The second kappa shape index (κ2) is 8.35. The lowest BCUT2D eigenvalue weighted by molar-refractivity contribution is -0.857. The van der Waals surface area contributed by atoms with E-state index in [0.717, 1.165) is 4.90 Å². The van der Waals surface area contributed by atoms with E-state index >= 15 is 0 Å². The fourth-order valence-corrected chi connectivity index (χ4v) is 3.54. The number of Topliss-reactive ketones (excluding diaryl/α,β-unsaturated/α-hetero) is 1. The second-order valence-corrected chi connectivity index (χ2v) is 7.80. The predicted octanol–water partition coefficient (Wildman–Crippen LogP) is 2.56. The van der Waals surface area contributed by atoms with Gasteiger partial charge in [0.25, 0.3) is 11.7 Å². The Kier molecular flexibility index (Phi) is 6.08. The molecule has 3 rings (SSSR count). The fourth-order valence-electron chi connectivity index (χ4n) is 3.24. The first-order chi connectivity index (χ1) is 13.3. The molecule has 0 unspecified atom stereocenters. The number of hydrogen-bond donors (Lipinski definition) is 2. The monoisotopic (exact) mass is 419 g/mol. The van der Waals surface area contributed by atoms with E-state index in [9.17, 15) is 14.7 Å². The standard InChI is InChI=1S/C21H20Cl2N2O3/c1-24(2)10-11-25-18(14-8-9-15(22)16(23)12-14)17(20(27)21(25)28)19(26)13-6-4-3-5-7-13/h3-9,12,18,26H,10-11H2,1-2H3/p+1/t18-/m0/s1. The van der Waals surface area contributed by atoms with E-state index in [1.807, 2.05) is 20.2 Å². The first-order valence-corrected chi connectivity index (χ1v) is 9.64. The average molecular weight is 420 g/mol. The molecule has 1 heterocycles. The van der Waals surface area contributed by atoms with Gasteiger partial charge in [0.1, 0.15) is 5.76 Å². The van der Waals surface area contributed by atoms with Crippen molar-refractivity contribution >= 4 is 40.7 Å². The van der Waals surface area contributed by atoms with Crippen LogP contribution < -0.4 is 4.90 Å². The average Bonchev–Trinajstić information content (AvgIpc) is 2.93. The zero-order valence-electron chi connectivity index (χ0n) is 15.6. The number of carbonyl (C=O) groups is 2. The van der Waals surface area contributed by atoms with Crippen LogP contribution in [0.15, 0.2) is 54.1 Å². The molecule has 1 aliphatic rings. The highest BCUT2D eigenvalue weighted by molar-refractivity contribution is 6.46. The summed E-state index contributed by atoms with van der Waals surface area (Å²) in [5.74, 6) is -1.53. The Morgan fingerprint density at radius 2 is 1.75 bits per heavy atom. The zero-order valence-corrected chi connectivity index (χ0v) is 17.1. The summed E-state index contributed by atoms with van der Waals surface area (Å²) in [6.45, 7) is 1.01. The van der Waals surface area contributed by atoms with E-state index in [-0.39, 0.29) is 11.3 Å². The van der Waals surface area contributed by atoms with Crippen molar-refractivity contribution in [3.05, 3.63) is 75.3 Å². The number of benzene rings is 2. The molecule has 1 fully saturated rings. The minimum Gasteiger partial charge on any atom is -0.507 e. The number of ketones is 1. The smallest absolute Gasteiger partial charge is 0.295 e. The van der Waals surface area contributed by atoms with Crippen molar-refractivity contribution in [1.29, 1.82) is 0 Å². The molecular weight excluding hydrogens is 399 g/mol. The fraction of sp³-hybridized carbons (Fsp3) is 0.238. The van der Waals surface area contributed by atoms with Gasteiger partial charge in [0, 0.05) is 5.56 Å². The zero-order chi connectivity index (χ0) is 20.4. The van der Waals surface area contributed by atoms with Gasteiger partial charge in [-0.05, 0) is 17.7 Å². The lowest BCUT2D eigenvalue weighted by Gasteiger charge is -2.26. The van der Waals surface area contributed by atoms with Gasteiger partial charge < -0.3 is 14.9 Å². The van der Waals surface area contributed by atoms with Crippen molar-refractivity contribution < 1.29 is 19.6 Å². The summed E-state index contributed by atoms with van der Waals surface area (Å²) in [6.07, 6.45) is 0. The van der Waals surface area contributed by atoms with Gasteiger partial charge in [0.15, 0.2) is 0 Å². The summed E-state index contributed by atoms with van der Waals surface area (Å²) in [6, 6.07) is 13.0. The van der Waals surface area contributed by atoms with E-state index in [2.05, 4.69) is 0 Å². The Bertz CT molecular complexity index is 942. The molecule has 2 aromatic carbocycles. The molecule has 7 heteroatoms. The SMILES string of the molecule is C[NH+](C)CCN1C(=O)C(=O)C(=C(O)c2ccccc2)[C@@H]1c1ccc(Cl)c(Cl)c1. The van der Waals surface area contributed by atoms with E-state index < -0.39 is 17.7 Å². The van der Waals surface area contributed by atoms with Crippen LogP contribution in [0.2, 0.25) is 10.0 Å². The first kappa shape index (κ1) is 20.4. The largest absolute Gasteiger partial charge is 0.507 e. The summed E-state index contributed by atoms with van der Waals surface area (Å²) >= 11 is 12.2. The van der Waals surface area contributed by atoms with E-state index in [0.29, 0.717) is 34.3 Å². The number of hydrogen-bond acceptors (Lipinski definition) is 3. The first-order valence-electron chi connectivity index (χ1n) is 8.89. The molecule has 146 valence electrons. The maximum atomic E-state index is 12.8. The molecule has 5 nitrogen and oxygen atoms in total. The minimum atomic E-state index is -0.727. The highest BCUT2D eigenvalue weighted by Crippen LogP contribution is 2.40. The summed E-state index contributed by atoms with van der Waals surface area (Å²) in [4.78, 5) is 28.2. The lowest BCUT2D eigenvalue weighted by Crippen LogP contribution is -3.06. The number of likely N-dealkylation sites (tertiary alicyclic amines) is 1. The van der Waals surface area contributed by atoms with Gasteiger partial charge in [-0.2, -0.15) is 0 Å². The summed E-state index contributed by atoms with van der Waals surface area (Å²) in [5.41, 5.74) is 1.16. The highest BCUT2D eigenvalue weighted by atomic mass is 35.5. The van der Waals surface area contributed by atoms with Crippen LogP contribution >= 0.6 is 23.2 Å². The number of halogens is 2. The molecule has 2 aromatic rings. The maximum absolute atomic E-state index is 12.8. The van der Waals surface area contributed by atoms with Crippen LogP contribution in [0.1, 0.15) is 17.2 Å². The van der Waals surface area contributed by atoms with Crippen LogP contribution in [0.25, 0.3) is 5.76 Å². The molecule has 1 saturated heterocycles. The van der Waals surface area contributed by atoms with Crippen molar-refractivity contribution in [3.63, 3.8) is 0 Å². The number of aliphatic hydroxyl groups excluding tert-OH is 1. The third kappa shape index (κ3) is 3.92. The normalized spacial score (nSPS) is 18.9. The Balaban J connectivity index is 2.16. The summed E-state index contributed by atoms with van der Waals surface area (Å²) in [7, 11) is 3.93. The Labute approximate surface area is 173 Å². The van der Waals surface area contributed by atoms with Gasteiger partial charge >= 0.3 is 0 Å². The van der Waals surface area contributed by atoms with E-state index in [1.54, 1.807) is 42.5 Å². The van der Waals surface area contributed by atoms with Crippen molar-refractivity contribution in [2.75, 3.05) is 27.2 Å². The molecule has 1 aliphatic heterocycles. The van der Waals surface area contributed by atoms with Crippen LogP contribution in [0, 0.1) is 0 Å². The van der Waals surface area contributed by atoms with Crippen LogP contribution in [-0.4, -0.2) is 48.9 Å². The maximum Gasteiger partial charge on any atom is 0.295 e. The van der Waals surface area contributed by atoms with Crippen LogP contribution in [-0.2, 0) is 9.59 Å². The summed E-state index contributed by atoms with van der Waals surface area (Å²) in [5, 5.41) is 11.6. The number of aliphatic hydroxyl groups is 1. The van der Waals surface area contributed by atoms with Crippen LogP contribution in [0.5, 0.6) is 0 Å². The number of quaternary nitrogens is 1. The number of amides is 1. The molecule has 0 aliphatic carbocycles. The topological polar surface area (TPSA) is 62.0 Å². The minimum absolute atomic E-state index is 0.0587. The quantitative estimate of drug-likeness (QED) is 0.444. The van der Waals surface area contributed by atoms with Gasteiger partial charge in [-0.15, -0.1) is 0 Å². The Hall–Kier alpha value is -2.34. The summed E-state index contributed by atoms with van der Waals surface area (Å²) < 4.78 is 0. The Morgan fingerprint density at radius 1 is 1.07 bits per heavy atom. The highest BCUT2D eigenvalue weighted by Gasteiger charge is 2.46. The van der Waals surface area contributed by atoms with E-state index in [1.165, 1.54) is 4.90 Å². The molecule has 2 N–H and O–H groups in total. The van der Waals surface area contributed by atoms with Gasteiger partial charge in [-0.25, -0.2) is 0 Å². The molecule has 28 heavy (non-hydrogen) atoms. The van der Waals surface area contributed by atoms with Crippen LogP contribution in [0.3, 0.4) is 0 Å². The van der Waals surface area contributed by atoms with E-state index in [4.69, 9.17) is 23.2 Å². The van der Waals surface area contributed by atoms with Gasteiger partial charge in [-0.3, -0.25) is 9.59 Å². The molecule has 0 radical (unpaired) electrons. The van der Waals surface area contributed by atoms with Crippen LogP contribution in [0.4, 0.5) is 0 Å². The molecule has 0 spiro atoms. The number of rotatable bonds is 5. The molecule has 0 bridgehead atoms. The molecule has 0 saturated carbocycles. The van der Waals surface area contributed by atoms with Crippen molar-refractivity contribution in [2.45, 2.75) is 6.04 Å². The number of carbonyl (C=O) groups excluding carboxylic acids is 2. The Morgan fingerprint density at radius 3 is 2.36 bits per heavy atom. The third-order valence-electron chi connectivity index (χ3n) is 4.70. The second-order valence-electron chi connectivity index (χ2n) is 6.99. The third-order valence-corrected chi connectivity index (χ3v) is 5.44. The number of nitrogens with one attached hydrogen (secondary N) is 1. The lowest BCUT2D eigenvalue weighted by atomic mass is 9.95.